The van der Waals surface area contributed by atoms with E-state index in [1.807, 2.05) is 50.5 Å². The summed E-state index contributed by atoms with van der Waals surface area (Å²) in [5.41, 5.74) is 3.79. The van der Waals surface area contributed by atoms with Crippen molar-refractivity contribution in [1.82, 2.24) is 15.2 Å². The highest BCUT2D eigenvalue weighted by Crippen LogP contribution is 2.36. The van der Waals surface area contributed by atoms with Gasteiger partial charge in [-0.15, -0.1) is 0 Å². The maximum Gasteiger partial charge on any atom is 0.270 e. The zero-order chi connectivity index (χ0) is 26.2. The van der Waals surface area contributed by atoms with E-state index in [2.05, 4.69) is 16.3 Å². The van der Waals surface area contributed by atoms with Gasteiger partial charge in [0.15, 0.2) is 0 Å². The SMILES string of the molecule is CN(C)CCCOc1cc(-c2nc(C(=O)NC3CCCCC3)ccc2-c2ccccc2C#N)ccc1Cl. The third-order valence-electron chi connectivity index (χ3n) is 6.62. The van der Waals surface area contributed by atoms with Crippen LogP contribution in [0.25, 0.3) is 22.4 Å². The van der Waals surface area contributed by atoms with E-state index in [0.717, 1.165) is 55.3 Å². The fourth-order valence-corrected chi connectivity index (χ4v) is 4.84. The molecule has 1 aliphatic rings. The van der Waals surface area contributed by atoms with E-state index < -0.39 is 0 Å². The minimum absolute atomic E-state index is 0.178. The fourth-order valence-electron chi connectivity index (χ4n) is 4.67. The second-order valence-corrected chi connectivity index (χ2v) is 10.1. The lowest BCUT2D eigenvalue weighted by atomic mass is 9.94. The van der Waals surface area contributed by atoms with Gasteiger partial charge in [0.25, 0.3) is 5.91 Å². The highest BCUT2D eigenvalue weighted by molar-refractivity contribution is 6.32. The van der Waals surface area contributed by atoms with Gasteiger partial charge in [-0.05, 0) is 63.7 Å². The topological polar surface area (TPSA) is 78.2 Å². The van der Waals surface area contributed by atoms with Gasteiger partial charge in [-0.1, -0.05) is 55.1 Å². The average molecular weight is 517 g/mol. The molecule has 2 aromatic carbocycles. The van der Waals surface area contributed by atoms with Crippen molar-refractivity contribution in [3.8, 4) is 34.2 Å². The number of hydrogen-bond donors (Lipinski definition) is 1. The van der Waals surface area contributed by atoms with Crippen LogP contribution in [0.5, 0.6) is 5.75 Å². The van der Waals surface area contributed by atoms with E-state index in [0.29, 0.717) is 34.3 Å². The van der Waals surface area contributed by atoms with Gasteiger partial charge < -0.3 is 15.0 Å². The van der Waals surface area contributed by atoms with Gasteiger partial charge in [-0.3, -0.25) is 4.79 Å². The number of carbonyl (C=O) groups excluding carboxylic acids is 1. The molecule has 0 radical (unpaired) electrons. The monoisotopic (exact) mass is 516 g/mol. The number of nitrogens with zero attached hydrogens (tertiary/aromatic N) is 3. The normalized spacial score (nSPS) is 13.8. The van der Waals surface area contributed by atoms with Crippen molar-refractivity contribution in [3.05, 3.63) is 70.9 Å². The van der Waals surface area contributed by atoms with Gasteiger partial charge in [0.05, 0.1) is 29.0 Å². The number of ether oxygens (including phenoxy) is 1. The second-order valence-electron chi connectivity index (χ2n) is 9.71. The lowest BCUT2D eigenvalue weighted by Crippen LogP contribution is -2.36. The summed E-state index contributed by atoms with van der Waals surface area (Å²) >= 11 is 6.46. The first kappa shape index (κ1) is 26.7. The minimum Gasteiger partial charge on any atom is -0.492 e. The smallest absolute Gasteiger partial charge is 0.270 e. The zero-order valence-electron chi connectivity index (χ0n) is 21.5. The fraction of sp³-hybridized carbons (Fsp3) is 0.367. The molecule has 0 aliphatic heterocycles. The lowest BCUT2D eigenvalue weighted by molar-refractivity contribution is 0.0923. The predicted octanol–water partition coefficient (Wildman–Crippen LogP) is 6.33. The molecule has 0 spiro atoms. The van der Waals surface area contributed by atoms with E-state index in [1.165, 1.54) is 6.42 Å². The molecular weight excluding hydrogens is 484 g/mol. The molecule has 4 rings (SSSR count). The molecule has 3 aromatic rings. The van der Waals surface area contributed by atoms with Crippen LogP contribution in [0.1, 0.15) is 54.6 Å². The number of nitriles is 1. The minimum atomic E-state index is -0.178. The van der Waals surface area contributed by atoms with Crippen LogP contribution in [0.2, 0.25) is 5.02 Å². The van der Waals surface area contributed by atoms with Crippen LogP contribution in [0, 0.1) is 11.3 Å². The Labute approximate surface area is 224 Å². The molecule has 1 heterocycles. The maximum absolute atomic E-state index is 13.1. The molecule has 0 saturated heterocycles. The second kappa shape index (κ2) is 12.7. The molecule has 1 aliphatic carbocycles. The first-order valence-corrected chi connectivity index (χ1v) is 13.2. The Hall–Kier alpha value is -3.40. The van der Waals surface area contributed by atoms with E-state index in [4.69, 9.17) is 21.3 Å². The van der Waals surface area contributed by atoms with Gasteiger partial charge in [0, 0.05) is 29.3 Å². The summed E-state index contributed by atoms with van der Waals surface area (Å²) in [5.74, 6) is 0.388. The summed E-state index contributed by atoms with van der Waals surface area (Å²) in [6, 6.07) is 19.0. The summed E-state index contributed by atoms with van der Waals surface area (Å²) < 4.78 is 6.00. The van der Waals surface area contributed by atoms with E-state index >= 15 is 0 Å². The summed E-state index contributed by atoms with van der Waals surface area (Å²) in [4.78, 5) is 20.1. The number of nitrogens with one attached hydrogen (secondary N) is 1. The number of aromatic nitrogens is 1. The predicted molar refractivity (Wildman–Crippen MR) is 148 cm³/mol. The molecule has 1 saturated carbocycles. The molecule has 7 heteroatoms. The van der Waals surface area contributed by atoms with E-state index in [1.54, 1.807) is 18.2 Å². The van der Waals surface area contributed by atoms with Gasteiger partial charge in [-0.2, -0.15) is 5.26 Å². The Bertz CT molecular complexity index is 1280. The van der Waals surface area contributed by atoms with Crippen molar-refractivity contribution in [2.45, 2.75) is 44.6 Å². The van der Waals surface area contributed by atoms with Gasteiger partial charge in [0.2, 0.25) is 0 Å². The Morgan fingerprint density at radius 2 is 1.89 bits per heavy atom. The van der Waals surface area contributed by atoms with Crippen LogP contribution in [-0.4, -0.2) is 49.1 Å². The van der Waals surface area contributed by atoms with Gasteiger partial charge >= 0.3 is 0 Å². The highest BCUT2D eigenvalue weighted by Gasteiger charge is 2.20. The van der Waals surface area contributed by atoms with Crippen LogP contribution in [-0.2, 0) is 0 Å². The largest absolute Gasteiger partial charge is 0.492 e. The molecule has 6 nitrogen and oxygen atoms in total. The first-order valence-electron chi connectivity index (χ1n) is 12.8. The van der Waals surface area contributed by atoms with Crippen molar-refractivity contribution in [3.63, 3.8) is 0 Å². The quantitative estimate of drug-likeness (QED) is 0.336. The number of benzene rings is 2. The number of amides is 1. The van der Waals surface area contributed by atoms with E-state index in [-0.39, 0.29) is 11.9 Å². The van der Waals surface area contributed by atoms with Crippen LogP contribution >= 0.6 is 11.6 Å². The van der Waals surface area contributed by atoms with Crippen molar-refractivity contribution in [2.24, 2.45) is 0 Å². The van der Waals surface area contributed by atoms with Crippen LogP contribution in [0.4, 0.5) is 0 Å². The average Bonchev–Trinajstić information content (AvgIpc) is 2.92. The van der Waals surface area contributed by atoms with Crippen LogP contribution in [0.15, 0.2) is 54.6 Å². The Kier molecular flexibility index (Phi) is 9.16. The molecule has 1 N–H and O–H groups in total. The van der Waals surface area contributed by atoms with Crippen molar-refractivity contribution >= 4 is 17.5 Å². The number of pyridine rings is 1. The maximum atomic E-state index is 13.1. The molecule has 1 amide bonds. The summed E-state index contributed by atoms with van der Waals surface area (Å²) in [7, 11) is 4.05. The third kappa shape index (κ3) is 6.88. The third-order valence-corrected chi connectivity index (χ3v) is 6.93. The molecule has 1 fully saturated rings. The Balaban J connectivity index is 1.71. The number of carbonyl (C=O) groups is 1. The molecule has 0 atom stereocenters. The van der Waals surface area contributed by atoms with Gasteiger partial charge in [-0.25, -0.2) is 4.98 Å². The summed E-state index contributed by atoms with van der Waals surface area (Å²) in [5, 5.41) is 13.4. The zero-order valence-corrected chi connectivity index (χ0v) is 22.2. The standard InChI is InChI=1S/C30H33ClN4O2/c1-35(2)17-8-18-37-28-19-21(13-15-26(28)31)29-25(24-12-7-6-9-22(24)20-32)14-16-27(34-29)30(36)33-23-10-4-3-5-11-23/h6-7,9,12-16,19,23H,3-5,8,10-11,17-18H2,1-2H3,(H,33,36). The molecule has 1 aromatic heterocycles. The lowest BCUT2D eigenvalue weighted by Gasteiger charge is -2.22. The molecule has 37 heavy (non-hydrogen) atoms. The molecule has 0 unspecified atom stereocenters. The number of hydrogen-bond acceptors (Lipinski definition) is 5. The number of halogens is 1. The molecular formula is C30H33ClN4O2. The molecule has 0 bridgehead atoms. The van der Waals surface area contributed by atoms with Crippen LogP contribution < -0.4 is 10.1 Å². The Morgan fingerprint density at radius 3 is 2.65 bits per heavy atom. The highest BCUT2D eigenvalue weighted by atomic mass is 35.5. The first-order chi connectivity index (χ1) is 18.0. The number of rotatable bonds is 9. The van der Waals surface area contributed by atoms with Crippen molar-refractivity contribution in [1.29, 1.82) is 5.26 Å². The molecule has 192 valence electrons. The van der Waals surface area contributed by atoms with Crippen molar-refractivity contribution < 1.29 is 9.53 Å². The summed E-state index contributed by atoms with van der Waals surface area (Å²) in [6.07, 6.45) is 6.35. The van der Waals surface area contributed by atoms with Crippen LogP contribution in [0.3, 0.4) is 0 Å². The Morgan fingerprint density at radius 1 is 1.11 bits per heavy atom. The summed E-state index contributed by atoms with van der Waals surface area (Å²) in [6.45, 7) is 1.44. The van der Waals surface area contributed by atoms with E-state index in [9.17, 15) is 10.1 Å². The van der Waals surface area contributed by atoms with Gasteiger partial charge in [0.1, 0.15) is 11.4 Å². The van der Waals surface area contributed by atoms with Crippen molar-refractivity contribution in [2.75, 3.05) is 27.2 Å².